The van der Waals surface area contributed by atoms with Crippen LogP contribution in [0.2, 0.25) is 0 Å². The quantitative estimate of drug-likeness (QED) is 0.190. The number of methoxy groups -OCH3 is 2. The van der Waals surface area contributed by atoms with Gasteiger partial charge in [0.05, 0.1) is 19.6 Å². The van der Waals surface area contributed by atoms with Crippen LogP contribution in [0.4, 0.5) is 11.4 Å². The summed E-state index contributed by atoms with van der Waals surface area (Å²) in [6.45, 7) is 2.03. The fraction of sp³-hybridized carbons (Fsp3) is 0.152. The summed E-state index contributed by atoms with van der Waals surface area (Å²) in [7, 11) is 3.36. The Morgan fingerprint density at radius 1 is 0.676 bits per heavy atom. The first kappa shape index (κ1) is 25.6. The van der Waals surface area contributed by atoms with Crippen molar-refractivity contribution >= 4 is 23.5 Å². The van der Waals surface area contributed by atoms with E-state index in [-0.39, 0.29) is 0 Å². The lowest BCUT2D eigenvalue weighted by Crippen LogP contribution is -2.30. The van der Waals surface area contributed by atoms with Gasteiger partial charge in [-0.3, -0.25) is 0 Å². The van der Waals surface area contributed by atoms with Gasteiger partial charge in [0.2, 0.25) is 0 Å². The number of anilines is 2. The second kappa shape index (κ2) is 11.5. The monoisotopic (exact) mass is 490 g/mol. The van der Waals surface area contributed by atoms with Crippen molar-refractivity contribution < 1.29 is 9.47 Å². The minimum Gasteiger partial charge on any atom is -0.496 e. The van der Waals surface area contributed by atoms with E-state index in [0.717, 1.165) is 22.3 Å². The molecule has 0 saturated heterocycles. The van der Waals surface area contributed by atoms with Crippen LogP contribution in [-0.2, 0) is 5.41 Å². The van der Waals surface area contributed by atoms with Crippen LogP contribution >= 0.6 is 0 Å². The van der Waals surface area contributed by atoms with Gasteiger partial charge in [0.15, 0.2) is 0 Å². The molecule has 0 radical (unpaired) electrons. The number of rotatable bonds is 9. The Hall–Kier alpha value is -4.44. The van der Waals surface area contributed by atoms with Gasteiger partial charge >= 0.3 is 0 Å². The molecule has 4 rings (SSSR count). The smallest absolute Gasteiger partial charge is 0.125 e. The minimum atomic E-state index is -0.647. The van der Waals surface area contributed by atoms with Gasteiger partial charge in [0.1, 0.15) is 11.5 Å². The molecular formula is C33H34N2O2. The van der Waals surface area contributed by atoms with E-state index in [2.05, 4.69) is 85.0 Å². The van der Waals surface area contributed by atoms with E-state index in [1.54, 1.807) is 14.2 Å². The van der Waals surface area contributed by atoms with Crippen molar-refractivity contribution in [1.82, 2.24) is 0 Å². The number of ether oxygens (including phenoxy) is 2. The molecule has 4 N–H and O–H groups in total. The maximum absolute atomic E-state index is 6.18. The summed E-state index contributed by atoms with van der Waals surface area (Å²) in [5.74, 6) is 1.43. The van der Waals surface area contributed by atoms with E-state index in [1.807, 2.05) is 37.3 Å². The largest absolute Gasteiger partial charge is 0.496 e. The molecule has 0 bridgehead atoms. The van der Waals surface area contributed by atoms with Gasteiger partial charge in [0, 0.05) is 34.6 Å². The van der Waals surface area contributed by atoms with Gasteiger partial charge in [-0.25, -0.2) is 0 Å². The molecule has 0 amide bonds. The lowest BCUT2D eigenvalue weighted by Gasteiger charge is -2.37. The topological polar surface area (TPSA) is 70.5 Å². The Kier molecular flexibility index (Phi) is 7.99. The predicted octanol–water partition coefficient (Wildman–Crippen LogP) is 7.34. The molecule has 0 aliphatic rings. The van der Waals surface area contributed by atoms with Crippen LogP contribution in [0.1, 0.15) is 41.2 Å². The second-order valence-electron chi connectivity index (χ2n) is 8.93. The molecule has 0 spiro atoms. The van der Waals surface area contributed by atoms with Crippen molar-refractivity contribution in [3.63, 3.8) is 0 Å². The number of nitrogen functional groups attached to an aromatic ring is 2. The van der Waals surface area contributed by atoms with E-state index >= 15 is 0 Å². The molecule has 0 aliphatic carbocycles. The van der Waals surface area contributed by atoms with Crippen molar-refractivity contribution in [2.75, 3.05) is 25.7 Å². The zero-order valence-electron chi connectivity index (χ0n) is 21.6. The summed E-state index contributed by atoms with van der Waals surface area (Å²) in [6.07, 6.45) is 9.22. The van der Waals surface area contributed by atoms with Crippen molar-refractivity contribution in [2.24, 2.45) is 0 Å². The summed E-state index contributed by atoms with van der Waals surface area (Å²) in [5, 5.41) is 0. The second-order valence-corrected chi connectivity index (χ2v) is 8.93. The average molecular weight is 491 g/mol. The van der Waals surface area contributed by atoms with Crippen molar-refractivity contribution in [1.29, 1.82) is 0 Å². The molecule has 0 saturated carbocycles. The van der Waals surface area contributed by atoms with Gasteiger partial charge in [-0.15, -0.1) is 0 Å². The van der Waals surface area contributed by atoms with Crippen LogP contribution in [-0.4, -0.2) is 14.2 Å². The highest BCUT2D eigenvalue weighted by atomic mass is 16.5. The molecule has 0 aromatic heterocycles. The average Bonchev–Trinajstić information content (AvgIpc) is 2.93. The number of allylic oxidation sites excluding steroid dienone is 2. The fourth-order valence-corrected chi connectivity index (χ4v) is 4.99. The molecule has 0 unspecified atom stereocenters. The molecular weight excluding hydrogens is 456 g/mol. The van der Waals surface area contributed by atoms with Gasteiger partial charge in [-0.1, -0.05) is 91.0 Å². The standard InChI is InChI=1S/C33H34N2O2/c1-4-11-24-12-8-9-13-25(24)14-10-21-33(26-15-6-5-7-16-26,29-19-17-27(34)22-31(29)36-2)30-20-18-28(35)23-32(30)37-3/h4-20,22-23H,21,34-35H2,1-3H3/b11-4-,14-10-. The first-order valence-electron chi connectivity index (χ1n) is 12.3. The molecule has 37 heavy (non-hydrogen) atoms. The van der Waals surface area contributed by atoms with E-state index < -0.39 is 5.41 Å². The van der Waals surface area contributed by atoms with Crippen LogP contribution in [0.5, 0.6) is 11.5 Å². The SMILES string of the molecule is C/C=C\c1ccccc1/C=C\CC(c1ccccc1)(c1ccc(N)cc1OC)c1ccc(N)cc1OC. The summed E-state index contributed by atoms with van der Waals surface area (Å²) in [5.41, 5.74) is 18.4. The van der Waals surface area contributed by atoms with Crippen LogP contribution in [0.3, 0.4) is 0 Å². The molecule has 0 aliphatic heterocycles. The maximum Gasteiger partial charge on any atom is 0.125 e. The van der Waals surface area contributed by atoms with Gasteiger partial charge in [-0.05, 0) is 42.2 Å². The zero-order chi connectivity index (χ0) is 26.3. The molecule has 4 aromatic rings. The molecule has 0 heterocycles. The first-order valence-corrected chi connectivity index (χ1v) is 12.3. The lowest BCUT2D eigenvalue weighted by atomic mass is 9.66. The number of benzene rings is 4. The molecule has 4 aromatic carbocycles. The van der Waals surface area contributed by atoms with Gasteiger partial charge in [0.25, 0.3) is 0 Å². The number of nitrogens with two attached hydrogens (primary N) is 2. The zero-order valence-corrected chi connectivity index (χ0v) is 21.6. The normalized spacial score (nSPS) is 11.8. The Morgan fingerprint density at radius 2 is 1.19 bits per heavy atom. The predicted molar refractivity (Wildman–Crippen MR) is 156 cm³/mol. The molecule has 4 nitrogen and oxygen atoms in total. The van der Waals surface area contributed by atoms with Crippen molar-refractivity contribution in [3.05, 3.63) is 131 Å². The molecule has 0 atom stereocenters. The highest BCUT2D eigenvalue weighted by molar-refractivity contribution is 5.67. The Bertz CT molecular complexity index is 1350. The van der Waals surface area contributed by atoms with Gasteiger partial charge in [-0.2, -0.15) is 0 Å². The highest BCUT2D eigenvalue weighted by Gasteiger charge is 2.40. The van der Waals surface area contributed by atoms with Crippen molar-refractivity contribution in [2.45, 2.75) is 18.8 Å². The molecule has 4 heteroatoms. The van der Waals surface area contributed by atoms with E-state index in [9.17, 15) is 0 Å². The maximum atomic E-state index is 6.18. The van der Waals surface area contributed by atoms with E-state index in [1.165, 1.54) is 5.56 Å². The summed E-state index contributed by atoms with van der Waals surface area (Å²) < 4.78 is 11.8. The number of hydrogen-bond donors (Lipinski definition) is 2. The summed E-state index contributed by atoms with van der Waals surface area (Å²) in [4.78, 5) is 0. The minimum absolute atomic E-state index is 0.641. The summed E-state index contributed by atoms with van der Waals surface area (Å²) in [6, 6.07) is 30.5. The third-order valence-corrected chi connectivity index (χ3v) is 6.70. The van der Waals surface area contributed by atoms with Gasteiger partial charge < -0.3 is 20.9 Å². The Labute approximate surface area is 219 Å². The Morgan fingerprint density at radius 3 is 1.70 bits per heavy atom. The molecule has 188 valence electrons. The fourth-order valence-electron chi connectivity index (χ4n) is 4.99. The highest BCUT2D eigenvalue weighted by Crippen LogP contribution is 2.50. The van der Waals surface area contributed by atoms with Crippen molar-refractivity contribution in [3.8, 4) is 11.5 Å². The first-order chi connectivity index (χ1) is 18.0. The van der Waals surface area contributed by atoms with E-state index in [4.69, 9.17) is 20.9 Å². The molecule has 0 fully saturated rings. The lowest BCUT2D eigenvalue weighted by molar-refractivity contribution is 0.388. The van der Waals surface area contributed by atoms with Crippen LogP contribution < -0.4 is 20.9 Å². The van der Waals surface area contributed by atoms with E-state index in [0.29, 0.717) is 29.3 Å². The Balaban J connectivity index is 2.01. The third-order valence-electron chi connectivity index (χ3n) is 6.70. The van der Waals surface area contributed by atoms with Crippen LogP contribution in [0.25, 0.3) is 12.2 Å². The van der Waals surface area contributed by atoms with Crippen LogP contribution in [0.15, 0.2) is 103 Å². The third kappa shape index (κ3) is 5.24. The number of hydrogen-bond acceptors (Lipinski definition) is 4. The van der Waals surface area contributed by atoms with Crippen LogP contribution in [0, 0.1) is 0 Å². The summed E-state index contributed by atoms with van der Waals surface area (Å²) >= 11 is 0.